The van der Waals surface area contributed by atoms with Crippen LogP contribution in [0.5, 0.6) is 5.75 Å². The molecule has 3 heteroatoms. The molecule has 0 aliphatic heterocycles. The van der Waals surface area contributed by atoms with Crippen LogP contribution in [0.4, 0.5) is 0 Å². The summed E-state index contributed by atoms with van der Waals surface area (Å²) < 4.78 is 10.4. The van der Waals surface area contributed by atoms with E-state index < -0.39 is 0 Å². The second-order valence-corrected chi connectivity index (χ2v) is 4.42. The minimum absolute atomic E-state index is 0.119. The summed E-state index contributed by atoms with van der Waals surface area (Å²) in [4.78, 5) is 0. The number of rotatable bonds is 6. The molecule has 0 amide bonds. The minimum atomic E-state index is -0.119. The van der Waals surface area contributed by atoms with Crippen LogP contribution in [0.1, 0.15) is 19.4 Å². The molecule has 90 valence electrons. The van der Waals surface area contributed by atoms with E-state index in [1.807, 2.05) is 12.1 Å². The molecule has 0 atom stereocenters. The van der Waals surface area contributed by atoms with Crippen LogP contribution in [0.25, 0.3) is 0 Å². The number of ether oxygens (including phenoxy) is 2. The smallest absolute Gasteiger partial charge is 0.118 e. The Kier molecular flexibility index (Phi) is 4.77. The highest BCUT2D eigenvalue weighted by Crippen LogP contribution is 2.11. The van der Waals surface area contributed by atoms with E-state index in [9.17, 15) is 0 Å². The van der Waals surface area contributed by atoms with Crippen LogP contribution in [-0.2, 0) is 11.3 Å². The Morgan fingerprint density at radius 2 is 1.75 bits per heavy atom. The van der Waals surface area contributed by atoms with Gasteiger partial charge in [-0.1, -0.05) is 12.1 Å². The molecule has 0 saturated carbocycles. The predicted octanol–water partition coefficient (Wildman–Crippen LogP) is 2.21. The quantitative estimate of drug-likeness (QED) is 0.802. The van der Waals surface area contributed by atoms with Crippen LogP contribution < -0.4 is 10.1 Å². The Morgan fingerprint density at radius 1 is 1.12 bits per heavy atom. The van der Waals surface area contributed by atoms with Gasteiger partial charge in [0.2, 0.25) is 0 Å². The lowest BCUT2D eigenvalue weighted by molar-refractivity contribution is 0.0230. The van der Waals surface area contributed by atoms with E-state index in [4.69, 9.17) is 9.47 Å². The topological polar surface area (TPSA) is 30.5 Å². The van der Waals surface area contributed by atoms with Crippen molar-refractivity contribution in [2.75, 3.05) is 20.8 Å². The number of hydrogen-bond donors (Lipinski definition) is 1. The van der Waals surface area contributed by atoms with Gasteiger partial charge in [-0.25, -0.2) is 0 Å². The SMILES string of the molecule is COc1ccc(CNCC(C)(C)OC)cc1. The van der Waals surface area contributed by atoms with Crippen molar-refractivity contribution in [3.05, 3.63) is 29.8 Å². The molecule has 1 aromatic carbocycles. The van der Waals surface area contributed by atoms with E-state index in [-0.39, 0.29) is 5.60 Å². The van der Waals surface area contributed by atoms with Crippen LogP contribution in [0.3, 0.4) is 0 Å². The van der Waals surface area contributed by atoms with Crippen molar-refractivity contribution in [3.63, 3.8) is 0 Å². The molecule has 0 aliphatic carbocycles. The minimum Gasteiger partial charge on any atom is -0.497 e. The zero-order chi connectivity index (χ0) is 12.0. The second-order valence-electron chi connectivity index (χ2n) is 4.42. The second kappa shape index (κ2) is 5.87. The molecule has 0 radical (unpaired) electrons. The Labute approximate surface area is 97.8 Å². The molecule has 1 aromatic rings. The predicted molar refractivity (Wildman–Crippen MR) is 65.8 cm³/mol. The Balaban J connectivity index is 2.37. The van der Waals surface area contributed by atoms with Gasteiger partial charge < -0.3 is 14.8 Å². The summed E-state index contributed by atoms with van der Waals surface area (Å²) >= 11 is 0. The van der Waals surface area contributed by atoms with Crippen molar-refractivity contribution < 1.29 is 9.47 Å². The van der Waals surface area contributed by atoms with Crippen LogP contribution in [-0.4, -0.2) is 26.4 Å². The van der Waals surface area contributed by atoms with E-state index in [0.717, 1.165) is 18.8 Å². The Bertz CT molecular complexity index is 306. The van der Waals surface area contributed by atoms with E-state index in [1.165, 1.54) is 5.56 Å². The fourth-order valence-corrected chi connectivity index (χ4v) is 1.32. The fourth-order valence-electron chi connectivity index (χ4n) is 1.32. The molecule has 16 heavy (non-hydrogen) atoms. The number of hydrogen-bond acceptors (Lipinski definition) is 3. The molecule has 1 N–H and O–H groups in total. The highest BCUT2D eigenvalue weighted by atomic mass is 16.5. The summed E-state index contributed by atoms with van der Waals surface area (Å²) in [6.45, 7) is 5.80. The first-order valence-corrected chi connectivity index (χ1v) is 5.46. The summed E-state index contributed by atoms with van der Waals surface area (Å²) in [6, 6.07) is 8.06. The van der Waals surface area contributed by atoms with Crippen LogP contribution in [0.15, 0.2) is 24.3 Å². The third-order valence-electron chi connectivity index (χ3n) is 2.59. The first kappa shape index (κ1) is 13.0. The number of methoxy groups -OCH3 is 2. The van der Waals surface area contributed by atoms with Crippen LogP contribution in [0, 0.1) is 0 Å². The fraction of sp³-hybridized carbons (Fsp3) is 0.538. The average Bonchev–Trinajstić information content (AvgIpc) is 2.30. The van der Waals surface area contributed by atoms with E-state index in [0.29, 0.717) is 0 Å². The monoisotopic (exact) mass is 223 g/mol. The molecular weight excluding hydrogens is 202 g/mol. The molecule has 0 fully saturated rings. The largest absolute Gasteiger partial charge is 0.497 e. The first-order chi connectivity index (χ1) is 7.57. The molecule has 0 spiro atoms. The van der Waals surface area contributed by atoms with Crippen molar-refractivity contribution in [3.8, 4) is 5.75 Å². The highest BCUT2D eigenvalue weighted by molar-refractivity contribution is 5.26. The van der Waals surface area contributed by atoms with Gasteiger partial charge in [-0.2, -0.15) is 0 Å². The first-order valence-electron chi connectivity index (χ1n) is 5.46. The third-order valence-corrected chi connectivity index (χ3v) is 2.59. The van der Waals surface area contributed by atoms with Gasteiger partial charge in [0.1, 0.15) is 5.75 Å². The van der Waals surface area contributed by atoms with Crippen molar-refractivity contribution in [2.45, 2.75) is 26.0 Å². The van der Waals surface area contributed by atoms with Crippen molar-refractivity contribution >= 4 is 0 Å². The molecule has 0 bridgehead atoms. The van der Waals surface area contributed by atoms with Crippen molar-refractivity contribution in [1.82, 2.24) is 5.32 Å². The van der Waals surface area contributed by atoms with Gasteiger partial charge in [0.05, 0.1) is 12.7 Å². The van der Waals surface area contributed by atoms with Gasteiger partial charge in [0.25, 0.3) is 0 Å². The lowest BCUT2D eigenvalue weighted by Crippen LogP contribution is -2.36. The maximum atomic E-state index is 5.33. The van der Waals surface area contributed by atoms with Gasteiger partial charge in [0.15, 0.2) is 0 Å². The average molecular weight is 223 g/mol. The lowest BCUT2D eigenvalue weighted by atomic mass is 10.1. The summed E-state index contributed by atoms with van der Waals surface area (Å²) in [5.41, 5.74) is 1.12. The zero-order valence-electron chi connectivity index (χ0n) is 10.5. The van der Waals surface area contributed by atoms with E-state index in [1.54, 1.807) is 14.2 Å². The maximum absolute atomic E-state index is 5.33. The lowest BCUT2D eigenvalue weighted by Gasteiger charge is -2.23. The van der Waals surface area contributed by atoms with Crippen LogP contribution in [0.2, 0.25) is 0 Å². The van der Waals surface area contributed by atoms with Crippen LogP contribution >= 0.6 is 0 Å². The van der Waals surface area contributed by atoms with Gasteiger partial charge in [-0.3, -0.25) is 0 Å². The van der Waals surface area contributed by atoms with Crippen molar-refractivity contribution in [2.24, 2.45) is 0 Å². The third kappa shape index (κ3) is 4.21. The van der Waals surface area contributed by atoms with Gasteiger partial charge in [-0.05, 0) is 31.5 Å². The molecule has 0 aliphatic rings. The van der Waals surface area contributed by atoms with Gasteiger partial charge >= 0.3 is 0 Å². The molecule has 0 saturated heterocycles. The Morgan fingerprint density at radius 3 is 2.25 bits per heavy atom. The highest BCUT2D eigenvalue weighted by Gasteiger charge is 2.14. The van der Waals surface area contributed by atoms with E-state index >= 15 is 0 Å². The summed E-state index contributed by atoms with van der Waals surface area (Å²) in [6.07, 6.45) is 0. The van der Waals surface area contributed by atoms with Crippen molar-refractivity contribution in [1.29, 1.82) is 0 Å². The standard InChI is InChI=1S/C13H21NO2/c1-13(2,16-4)10-14-9-11-5-7-12(15-3)8-6-11/h5-8,14H,9-10H2,1-4H3. The van der Waals surface area contributed by atoms with E-state index in [2.05, 4.69) is 31.3 Å². The van der Waals surface area contributed by atoms with Gasteiger partial charge in [0, 0.05) is 20.2 Å². The molecule has 0 aromatic heterocycles. The molecule has 3 nitrogen and oxygen atoms in total. The molecule has 1 rings (SSSR count). The summed E-state index contributed by atoms with van der Waals surface area (Å²) in [5.74, 6) is 0.890. The number of nitrogens with one attached hydrogen (secondary N) is 1. The zero-order valence-corrected chi connectivity index (χ0v) is 10.5. The molecular formula is C13H21NO2. The molecule has 0 heterocycles. The van der Waals surface area contributed by atoms with Gasteiger partial charge in [-0.15, -0.1) is 0 Å². The molecule has 0 unspecified atom stereocenters. The Hall–Kier alpha value is -1.06. The maximum Gasteiger partial charge on any atom is 0.118 e. The number of benzene rings is 1. The summed E-state index contributed by atoms with van der Waals surface area (Å²) in [5, 5.41) is 3.36. The normalized spacial score (nSPS) is 11.5. The summed E-state index contributed by atoms with van der Waals surface area (Å²) in [7, 11) is 3.41.